The van der Waals surface area contributed by atoms with Crippen molar-refractivity contribution >= 4 is 11.7 Å². The minimum absolute atomic E-state index is 0.0904. The molecule has 1 aliphatic rings. The summed E-state index contributed by atoms with van der Waals surface area (Å²) >= 11 is 0. The molecule has 0 aromatic rings. The van der Waals surface area contributed by atoms with Gasteiger partial charge < -0.3 is 5.73 Å². The highest BCUT2D eigenvalue weighted by Gasteiger charge is 2.17. The van der Waals surface area contributed by atoms with Gasteiger partial charge in [-0.3, -0.25) is 5.41 Å². The lowest BCUT2D eigenvalue weighted by Gasteiger charge is -2.07. The number of hydrazone groups is 1. The Labute approximate surface area is 72.7 Å². The van der Waals surface area contributed by atoms with Crippen LogP contribution in [0.15, 0.2) is 5.10 Å². The van der Waals surface area contributed by atoms with Crippen molar-refractivity contribution in [3.05, 3.63) is 0 Å². The molecule has 0 radical (unpaired) electrons. The third kappa shape index (κ3) is 2.53. The molecule has 0 amide bonds. The molecular formula is C8H16N4. The van der Waals surface area contributed by atoms with Crippen LogP contribution in [0.2, 0.25) is 0 Å². The molecule has 68 valence electrons. The highest BCUT2D eigenvalue weighted by atomic mass is 15.3. The number of rotatable bonds is 2. The Morgan fingerprint density at radius 2 is 2.08 bits per heavy atom. The van der Waals surface area contributed by atoms with E-state index in [4.69, 9.17) is 11.1 Å². The van der Waals surface area contributed by atoms with Crippen molar-refractivity contribution in [2.24, 2.45) is 16.8 Å². The molecule has 0 aliphatic heterocycles. The number of guanidine groups is 1. The number of nitrogens with zero attached hydrogens (tertiary/aromatic N) is 1. The van der Waals surface area contributed by atoms with Crippen molar-refractivity contribution in [3.8, 4) is 0 Å². The van der Waals surface area contributed by atoms with Crippen LogP contribution >= 0.6 is 0 Å². The molecule has 1 aliphatic carbocycles. The van der Waals surface area contributed by atoms with Gasteiger partial charge in [0, 0.05) is 5.71 Å². The SMILES string of the molecule is CC(=NNC(=N)N)C1CCCC1. The average Bonchev–Trinajstić information content (AvgIpc) is 2.51. The molecule has 1 rings (SSSR count). The molecule has 0 aromatic heterocycles. The second-order valence-electron chi connectivity index (χ2n) is 3.26. The van der Waals surface area contributed by atoms with Crippen LogP contribution in [0, 0.1) is 11.3 Å². The van der Waals surface area contributed by atoms with Crippen molar-refractivity contribution in [2.45, 2.75) is 32.6 Å². The Balaban J connectivity index is 2.39. The van der Waals surface area contributed by atoms with E-state index in [-0.39, 0.29) is 5.96 Å². The molecule has 0 spiro atoms. The van der Waals surface area contributed by atoms with Gasteiger partial charge in [0.05, 0.1) is 0 Å². The zero-order valence-corrected chi connectivity index (χ0v) is 7.43. The zero-order valence-electron chi connectivity index (χ0n) is 7.43. The van der Waals surface area contributed by atoms with Crippen molar-refractivity contribution < 1.29 is 0 Å². The van der Waals surface area contributed by atoms with Gasteiger partial charge in [-0.05, 0) is 25.7 Å². The molecule has 12 heavy (non-hydrogen) atoms. The number of nitrogens with one attached hydrogen (secondary N) is 2. The summed E-state index contributed by atoms with van der Waals surface area (Å²) in [5, 5.41) is 10.9. The predicted octanol–water partition coefficient (Wildman–Crippen LogP) is 1.04. The van der Waals surface area contributed by atoms with Crippen LogP contribution in [0.4, 0.5) is 0 Å². The van der Waals surface area contributed by atoms with E-state index in [2.05, 4.69) is 10.5 Å². The fraction of sp³-hybridized carbons (Fsp3) is 0.750. The van der Waals surface area contributed by atoms with Gasteiger partial charge in [0.15, 0.2) is 0 Å². The average molecular weight is 168 g/mol. The summed E-state index contributed by atoms with van der Waals surface area (Å²) in [7, 11) is 0. The first-order valence-corrected chi connectivity index (χ1v) is 4.34. The molecule has 4 nitrogen and oxygen atoms in total. The van der Waals surface area contributed by atoms with Gasteiger partial charge in [0.2, 0.25) is 5.96 Å². The first-order valence-electron chi connectivity index (χ1n) is 4.34. The van der Waals surface area contributed by atoms with Crippen LogP contribution in [-0.4, -0.2) is 11.7 Å². The normalized spacial score (nSPS) is 19.6. The summed E-state index contributed by atoms with van der Waals surface area (Å²) in [6.07, 6.45) is 5.07. The second kappa shape index (κ2) is 4.09. The van der Waals surface area contributed by atoms with Crippen molar-refractivity contribution in [1.29, 1.82) is 5.41 Å². The van der Waals surface area contributed by atoms with Gasteiger partial charge in [0.1, 0.15) is 0 Å². The van der Waals surface area contributed by atoms with E-state index < -0.39 is 0 Å². The quantitative estimate of drug-likeness (QED) is 0.327. The van der Waals surface area contributed by atoms with Crippen LogP contribution in [0.1, 0.15) is 32.6 Å². The summed E-state index contributed by atoms with van der Waals surface area (Å²) in [4.78, 5) is 0. The highest BCUT2D eigenvalue weighted by molar-refractivity contribution is 5.86. The summed E-state index contributed by atoms with van der Waals surface area (Å²) < 4.78 is 0. The van der Waals surface area contributed by atoms with E-state index in [0.29, 0.717) is 5.92 Å². The molecule has 0 bridgehead atoms. The minimum atomic E-state index is -0.0904. The summed E-state index contributed by atoms with van der Waals surface area (Å²) in [5.74, 6) is 0.518. The number of nitrogens with two attached hydrogens (primary N) is 1. The van der Waals surface area contributed by atoms with E-state index in [1.165, 1.54) is 25.7 Å². The molecule has 1 fully saturated rings. The van der Waals surface area contributed by atoms with Gasteiger partial charge in [0.25, 0.3) is 0 Å². The van der Waals surface area contributed by atoms with E-state index in [1.807, 2.05) is 6.92 Å². The van der Waals surface area contributed by atoms with Gasteiger partial charge in [-0.25, -0.2) is 5.43 Å². The maximum absolute atomic E-state index is 6.92. The minimum Gasteiger partial charge on any atom is -0.369 e. The summed E-state index contributed by atoms with van der Waals surface area (Å²) in [6, 6.07) is 0. The zero-order chi connectivity index (χ0) is 8.97. The maximum atomic E-state index is 6.92. The molecule has 4 heteroatoms. The monoisotopic (exact) mass is 168 g/mol. The van der Waals surface area contributed by atoms with Crippen molar-refractivity contribution in [3.63, 3.8) is 0 Å². The van der Waals surface area contributed by atoms with E-state index in [0.717, 1.165) is 5.71 Å². The fourth-order valence-corrected chi connectivity index (χ4v) is 1.58. The van der Waals surface area contributed by atoms with Gasteiger partial charge >= 0.3 is 0 Å². The first kappa shape index (κ1) is 9.03. The van der Waals surface area contributed by atoms with E-state index in [9.17, 15) is 0 Å². The molecule has 0 heterocycles. The third-order valence-electron chi connectivity index (χ3n) is 2.30. The summed E-state index contributed by atoms with van der Waals surface area (Å²) in [5.41, 5.74) is 8.65. The van der Waals surface area contributed by atoms with E-state index >= 15 is 0 Å². The van der Waals surface area contributed by atoms with Gasteiger partial charge in [-0.15, -0.1) is 0 Å². The number of hydrogen-bond donors (Lipinski definition) is 3. The standard InChI is InChI=1S/C8H16N4/c1-6(11-12-8(9)10)7-4-2-3-5-7/h7H,2-5H2,1H3,(H4,9,10,12). The fourth-order valence-electron chi connectivity index (χ4n) is 1.58. The third-order valence-corrected chi connectivity index (χ3v) is 2.30. The Kier molecular flexibility index (Phi) is 3.08. The van der Waals surface area contributed by atoms with Crippen LogP contribution in [0.5, 0.6) is 0 Å². The lowest BCUT2D eigenvalue weighted by atomic mass is 10.0. The first-order chi connectivity index (χ1) is 5.70. The molecule has 4 N–H and O–H groups in total. The Morgan fingerprint density at radius 3 is 2.58 bits per heavy atom. The summed E-state index contributed by atoms with van der Waals surface area (Å²) in [6.45, 7) is 1.99. The van der Waals surface area contributed by atoms with Crippen LogP contribution in [-0.2, 0) is 0 Å². The molecule has 0 aromatic carbocycles. The maximum Gasteiger partial charge on any atom is 0.206 e. The Morgan fingerprint density at radius 1 is 1.50 bits per heavy atom. The van der Waals surface area contributed by atoms with Gasteiger partial charge in [-0.2, -0.15) is 5.10 Å². The smallest absolute Gasteiger partial charge is 0.206 e. The van der Waals surface area contributed by atoms with Crippen LogP contribution < -0.4 is 11.2 Å². The Hall–Kier alpha value is -1.06. The van der Waals surface area contributed by atoms with Crippen LogP contribution in [0.3, 0.4) is 0 Å². The van der Waals surface area contributed by atoms with Crippen LogP contribution in [0.25, 0.3) is 0 Å². The lowest BCUT2D eigenvalue weighted by Crippen LogP contribution is -2.27. The van der Waals surface area contributed by atoms with Crippen molar-refractivity contribution in [1.82, 2.24) is 5.43 Å². The second-order valence-corrected chi connectivity index (χ2v) is 3.26. The molecule has 1 saturated carbocycles. The largest absolute Gasteiger partial charge is 0.369 e. The molecule has 0 atom stereocenters. The topological polar surface area (TPSA) is 74.3 Å². The van der Waals surface area contributed by atoms with Gasteiger partial charge in [-0.1, -0.05) is 12.8 Å². The molecular weight excluding hydrogens is 152 g/mol. The van der Waals surface area contributed by atoms with E-state index in [1.54, 1.807) is 0 Å². The lowest BCUT2D eigenvalue weighted by molar-refractivity contribution is 0.716. The van der Waals surface area contributed by atoms with Crippen molar-refractivity contribution in [2.75, 3.05) is 0 Å². The number of hydrogen-bond acceptors (Lipinski definition) is 2. The highest BCUT2D eigenvalue weighted by Crippen LogP contribution is 2.25. The predicted molar refractivity (Wildman–Crippen MR) is 50.1 cm³/mol. The molecule has 0 saturated heterocycles. The molecule has 0 unspecified atom stereocenters. The Bertz CT molecular complexity index is 191.